The van der Waals surface area contributed by atoms with Crippen molar-refractivity contribution in [1.82, 2.24) is 0 Å². The van der Waals surface area contributed by atoms with E-state index in [2.05, 4.69) is 6.58 Å². The van der Waals surface area contributed by atoms with Gasteiger partial charge < -0.3 is 0 Å². The molecule has 39 valence electrons. The number of rotatable bonds is 3. The largest absolute Gasteiger partial charge is 0.295 e. The minimum absolute atomic E-state index is 0.0162. The predicted molar refractivity (Wildman–Crippen MR) is 29.8 cm³/mol. The number of carbonyl (C=O) groups is 1. The fourth-order valence-electron chi connectivity index (χ4n) is 0.285. The Morgan fingerprint density at radius 3 is 2.57 bits per heavy atom. The van der Waals surface area contributed by atoms with Crippen LogP contribution in [0.4, 0.5) is 0 Å². The van der Waals surface area contributed by atoms with Crippen LogP contribution in [-0.2, 0) is 4.79 Å². The van der Waals surface area contributed by atoms with E-state index in [0.29, 0.717) is 0 Å². The van der Waals surface area contributed by atoms with E-state index in [1.54, 1.807) is 6.42 Å². The third-order valence-corrected chi connectivity index (χ3v) is 0.606. The number of hydrogen-bond acceptors (Lipinski definition) is 1. The van der Waals surface area contributed by atoms with Crippen molar-refractivity contribution in [1.29, 1.82) is 0 Å². The monoisotopic (exact) mass is 97.1 g/mol. The summed E-state index contributed by atoms with van der Waals surface area (Å²) in [5, 5.41) is 0. The molecule has 0 atom stereocenters. The van der Waals surface area contributed by atoms with Crippen molar-refractivity contribution >= 4 is 5.78 Å². The molecule has 1 radical (unpaired) electrons. The van der Waals surface area contributed by atoms with Gasteiger partial charge in [-0.1, -0.05) is 13.5 Å². The SMILES string of the molecule is C=CC(=O)[CH]CC. The van der Waals surface area contributed by atoms with Crippen LogP contribution >= 0.6 is 0 Å². The zero-order valence-electron chi connectivity index (χ0n) is 4.48. The van der Waals surface area contributed by atoms with Crippen LogP contribution in [-0.4, -0.2) is 5.78 Å². The Balaban J connectivity index is 3.17. The van der Waals surface area contributed by atoms with E-state index < -0.39 is 0 Å². The van der Waals surface area contributed by atoms with Crippen LogP contribution in [0.15, 0.2) is 12.7 Å². The molecule has 0 bridgehead atoms. The number of ketones is 1. The molecule has 0 fully saturated rings. The molecule has 0 aromatic carbocycles. The molecule has 1 heteroatoms. The molecule has 0 heterocycles. The molecule has 7 heavy (non-hydrogen) atoms. The van der Waals surface area contributed by atoms with Crippen LogP contribution in [0.2, 0.25) is 0 Å². The molecule has 0 saturated carbocycles. The van der Waals surface area contributed by atoms with Crippen molar-refractivity contribution in [3.63, 3.8) is 0 Å². The van der Waals surface area contributed by atoms with Gasteiger partial charge in [-0.3, -0.25) is 4.79 Å². The summed E-state index contributed by atoms with van der Waals surface area (Å²) in [7, 11) is 0. The summed E-state index contributed by atoms with van der Waals surface area (Å²) < 4.78 is 0. The highest BCUT2D eigenvalue weighted by atomic mass is 16.1. The number of hydrogen-bond donors (Lipinski definition) is 0. The lowest BCUT2D eigenvalue weighted by Crippen LogP contribution is -1.88. The number of carbonyl (C=O) groups excluding carboxylic acids is 1. The Bertz CT molecular complexity index is 74.2. The smallest absolute Gasteiger partial charge is 0.158 e. The molecule has 0 aliphatic heterocycles. The standard InChI is InChI=1S/C6H9O/c1-3-5-6(7)4-2/h4-5H,2-3H2,1H3. The van der Waals surface area contributed by atoms with Gasteiger partial charge in [0.25, 0.3) is 0 Å². The van der Waals surface area contributed by atoms with E-state index in [1.807, 2.05) is 6.92 Å². The van der Waals surface area contributed by atoms with Crippen molar-refractivity contribution in [3.8, 4) is 0 Å². The summed E-state index contributed by atoms with van der Waals surface area (Å²) in [4.78, 5) is 10.2. The van der Waals surface area contributed by atoms with Gasteiger partial charge in [0, 0.05) is 6.42 Å². The Labute approximate surface area is 44.0 Å². The van der Waals surface area contributed by atoms with Crippen LogP contribution in [0.25, 0.3) is 0 Å². The molecular weight excluding hydrogens is 88.1 g/mol. The second-order valence-corrected chi connectivity index (χ2v) is 1.22. The molecule has 0 aliphatic rings. The first-order valence-corrected chi connectivity index (χ1v) is 2.31. The highest BCUT2D eigenvalue weighted by Crippen LogP contribution is 1.85. The molecule has 0 aliphatic carbocycles. The van der Waals surface area contributed by atoms with Gasteiger partial charge >= 0.3 is 0 Å². The highest BCUT2D eigenvalue weighted by molar-refractivity contribution is 5.96. The Morgan fingerprint density at radius 1 is 1.86 bits per heavy atom. The molecule has 0 spiro atoms. The quantitative estimate of drug-likeness (QED) is 0.486. The molecule has 0 rings (SSSR count). The summed E-state index contributed by atoms with van der Waals surface area (Å²) in [6.07, 6.45) is 3.70. The van der Waals surface area contributed by atoms with E-state index in [1.165, 1.54) is 6.08 Å². The van der Waals surface area contributed by atoms with Gasteiger partial charge in [0.05, 0.1) is 0 Å². The highest BCUT2D eigenvalue weighted by Gasteiger charge is 1.88. The number of allylic oxidation sites excluding steroid dienone is 1. The fourth-order valence-corrected chi connectivity index (χ4v) is 0.285. The third kappa shape index (κ3) is 3.23. The maximum Gasteiger partial charge on any atom is 0.158 e. The molecule has 0 unspecified atom stereocenters. The van der Waals surface area contributed by atoms with Crippen LogP contribution in [0.1, 0.15) is 13.3 Å². The summed E-state index contributed by atoms with van der Waals surface area (Å²) >= 11 is 0. The maximum absolute atomic E-state index is 10.2. The summed E-state index contributed by atoms with van der Waals surface area (Å²) in [6.45, 7) is 5.22. The molecule has 0 saturated heterocycles. The Kier molecular flexibility index (Phi) is 3.29. The molecular formula is C6H9O. The van der Waals surface area contributed by atoms with Crippen molar-refractivity contribution in [2.45, 2.75) is 13.3 Å². The van der Waals surface area contributed by atoms with E-state index in [9.17, 15) is 4.79 Å². The van der Waals surface area contributed by atoms with Crippen molar-refractivity contribution in [2.24, 2.45) is 0 Å². The molecule has 1 nitrogen and oxygen atoms in total. The second kappa shape index (κ2) is 3.59. The average molecular weight is 97.1 g/mol. The van der Waals surface area contributed by atoms with Crippen LogP contribution in [0, 0.1) is 6.42 Å². The lowest BCUT2D eigenvalue weighted by atomic mass is 10.2. The third-order valence-electron chi connectivity index (χ3n) is 0.606. The summed E-state index contributed by atoms with van der Waals surface area (Å²) in [5.74, 6) is 0.0162. The fraction of sp³-hybridized carbons (Fsp3) is 0.333. The van der Waals surface area contributed by atoms with Gasteiger partial charge in [0.2, 0.25) is 0 Å². The first-order chi connectivity index (χ1) is 3.31. The zero-order chi connectivity index (χ0) is 5.70. The van der Waals surface area contributed by atoms with Gasteiger partial charge in [-0.2, -0.15) is 0 Å². The van der Waals surface area contributed by atoms with Crippen LogP contribution in [0.5, 0.6) is 0 Å². The Hall–Kier alpha value is -0.590. The maximum atomic E-state index is 10.2. The lowest BCUT2D eigenvalue weighted by Gasteiger charge is -1.82. The first-order valence-electron chi connectivity index (χ1n) is 2.31. The van der Waals surface area contributed by atoms with Gasteiger partial charge in [0.15, 0.2) is 5.78 Å². The summed E-state index contributed by atoms with van der Waals surface area (Å²) in [5.41, 5.74) is 0. The van der Waals surface area contributed by atoms with Crippen molar-refractivity contribution in [2.75, 3.05) is 0 Å². The van der Waals surface area contributed by atoms with Crippen molar-refractivity contribution in [3.05, 3.63) is 19.1 Å². The second-order valence-electron chi connectivity index (χ2n) is 1.22. The molecule has 0 amide bonds. The zero-order valence-corrected chi connectivity index (χ0v) is 4.48. The molecule has 0 N–H and O–H groups in total. The van der Waals surface area contributed by atoms with Crippen molar-refractivity contribution < 1.29 is 4.79 Å². The first kappa shape index (κ1) is 6.41. The minimum atomic E-state index is 0.0162. The Morgan fingerprint density at radius 2 is 2.43 bits per heavy atom. The van der Waals surface area contributed by atoms with Gasteiger partial charge in [0.1, 0.15) is 0 Å². The summed E-state index contributed by atoms with van der Waals surface area (Å²) in [6, 6.07) is 0. The van der Waals surface area contributed by atoms with Crippen LogP contribution in [0.3, 0.4) is 0 Å². The van der Waals surface area contributed by atoms with Gasteiger partial charge in [-0.15, -0.1) is 0 Å². The van der Waals surface area contributed by atoms with Gasteiger partial charge in [-0.05, 0) is 12.5 Å². The van der Waals surface area contributed by atoms with Gasteiger partial charge in [-0.25, -0.2) is 0 Å². The van der Waals surface area contributed by atoms with E-state index in [-0.39, 0.29) is 5.78 Å². The predicted octanol–water partition coefficient (Wildman–Crippen LogP) is 1.36. The van der Waals surface area contributed by atoms with E-state index in [0.717, 1.165) is 6.42 Å². The average Bonchev–Trinajstić information content (AvgIpc) is 1.68. The molecule has 0 aromatic heterocycles. The van der Waals surface area contributed by atoms with Crippen LogP contribution < -0.4 is 0 Å². The lowest BCUT2D eigenvalue weighted by molar-refractivity contribution is -0.111. The van der Waals surface area contributed by atoms with E-state index >= 15 is 0 Å². The normalized spacial score (nSPS) is 8.14. The minimum Gasteiger partial charge on any atom is -0.295 e. The topological polar surface area (TPSA) is 17.1 Å². The molecule has 0 aromatic rings. The van der Waals surface area contributed by atoms with E-state index in [4.69, 9.17) is 0 Å².